The Hall–Kier alpha value is -2.96. The zero-order valence-corrected chi connectivity index (χ0v) is 17.8. The number of carboxylic acids is 1. The standard InChI is InChI=1S/C24H24F3NO3/c1-11(2)21-18(13-9-24(4,10-13)23(30)31)19-17(8-16(26)22(29)20(19)27)28(21)14-5-6-15(25)12(3)7-14/h5-8,11,13,29H,9-10H2,1-4H3,(H,30,31)/t13-,24-. The van der Waals surface area contributed by atoms with Gasteiger partial charge in [-0.3, -0.25) is 4.79 Å². The molecule has 4 rings (SSSR count). The van der Waals surface area contributed by atoms with Gasteiger partial charge in [-0.15, -0.1) is 0 Å². The average Bonchev–Trinajstić information content (AvgIpc) is 3.00. The van der Waals surface area contributed by atoms with Gasteiger partial charge in [0.1, 0.15) is 5.82 Å². The highest BCUT2D eigenvalue weighted by atomic mass is 19.1. The SMILES string of the molecule is Cc1cc(-n2c(C(C)C)c([C@H]3C[C@](C)(C(=O)O)C3)c3c(F)c(O)c(F)cc32)ccc1F. The Labute approximate surface area is 177 Å². The van der Waals surface area contributed by atoms with Gasteiger partial charge in [0.15, 0.2) is 17.4 Å². The van der Waals surface area contributed by atoms with Crippen molar-refractivity contribution in [3.05, 3.63) is 58.5 Å². The molecule has 0 radical (unpaired) electrons. The Morgan fingerprint density at radius 2 is 1.81 bits per heavy atom. The Kier molecular flexibility index (Phi) is 4.83. The van der Waals surface area contributed by atoms with Crippen LogP contribution in [0, 0.1) is 29.8 Å². The second-order valence-electron chi connectivity index (χ2n) is 9.11. The van der Waals surface area contributed by atoms with Crippen molar-refractivity contribution in [2.45, 2.75) is 52.4 Å². The fraction of sp³-hybridized carbons (Fsp3) is 0.375. The number of aromatic nitrogens is 1. The van der Waals surface area contributed by atoms with E-state index < -0.39 is 34.6 Å². The predicted octanol–water partition coefficient (Wildman–Crippen LogP) is 6.15. The fourth-order valence-corrected chi connectivity index (χ4v) is 4.84. The maximum Gasteiger partial charge on any atom is 0.309 e. The average molecular weight is 431 g/mol. The molecule has 31 heavy (non-hydrogen) atoms. The minimum atomic E-state index is -1.09. The lowest BCUT2D eigenvalue weighted by molar-refractivity contribution is -0.154. The topological polar surface area (TPSA) is 62.5 Å². The quantitative estimate of drug-likeness (QED) is 0.521. The summed E-state index contributed by atoms with van der Waals surface area (Å²) in [5.41, 5.74) is 1.52. The molecule has 4 nitrogen and oxygen atoms in total. The molecule has 0 spiro atoms. The third-order valence-electron chi connectivity index (χ3n) is 6.47. The predicted molar refractivity (Wildman–Crippen MR) is 111 cm³/mol. The van der Waals surface area contributed by atoms with Crippen LogP contribution >= 0.6 is 0 Å². The number of phenolic OH excluding ortho intramolecular Hbond substituents is 1. The largest absolute Gasteiger partial charge is 0.503 e. The molecule has 3 aromatic rings. The third-order valence-corrected chi connectivity index (χ3v) is 6.47. The van der Waals surface area contributed by atoms with E-state index in [-0.39, 0.29) is 22.7 Å². The van der Waals surface area contributed by atoms with E-state index in [1.165, 1.54) is 6.07 Å². The lowest BCUT2D eigenvalue weighted by atomic mass is 9.60. The summed E-state index contributed by atoms with van der Waals surface area (Å²) in [6, 6.07) is 5.53. The first kappa shape index (κ1) is 21.3. The van der Waals surface area contributed by atoms with Gasteiger partial charge in [0, 0.05) is 22.8 Å². The van der Waals surface area contributed by atoms with E-state index in [1.54, 1.807) is 30.5 Å². The number of hydrogen-bond donors (Lipinski definition) is 2. The fourth-order valence-electron chi connectivity index (χ4n) is 4.84. The van der Waals surface area contributed by atoms with Crippen molar-refractivity contribution in [3.8, 4) is 11.4 Å². The van der Waals surface area contributed by atoms with Crippen LogP contribution in [0.5, 0.6) is 5.75 Å². The molecule has 1 heterocycles. The summed E-state index contributed by atoms with van der Waals surface area (Å²) in [5, 5.41) is 19.6. The van der Waals surface area contributed by atoms with E-state index in [9.17, 15) is 23.8 Å². The van der Waals surface area contributed by atoms with Crippen molar-refractivity contribution in [1.82, 2.24) is 4.57 Å². The van der Waals surface area contributed by atoms with Gasteiger partial charge < -0.3 is 14.8 Å². The van der Waals surface area contributed by atoms with Crippen LogP contribution in [-0.2, 0) is 4.79 Å². The molecule has 0 bridgehead atoms. The number of nitrogens with zero attached hydrogens (tertiary/aromatic N) is 1. The number of benzene rings is 2. The van der Waals surface area contributed by atoms with Gasteiger partial charge in [-0.25, -0.2) is 13.2 Å². The van der Waals surface area contributed by atoms with Gasteiger partial charge >= 0.3 is 5.97 Å². The van der Waals surface area contributed by atoms with Crippen molar-refractivity contribution < 1.29 is 28.2 Å². The molecule has 0 amide bonds. The Bertz CT molecular complexity index is 1220. The monoisotopic (exact) mass is 431 g/mol. The molecule has 0 unspecified atom stereocenters. The minimum Gasteiger partial charge on any atom is -0.503 e. The van der Waals surface area contributed by atoms with Crippen molar-refractivity contribution in [2.24, 2.45) is 5.41 Å². The first-order valence-electron chi connectivity index (χ1n) is 10.2. The van der Waals surface area contributed by atoms with Gasteiger partial charge in [-0.1, -0.05) is 13.8 Å². The van der Waals surface area contributed by atoms with Gasteiger partial charge in [0.05, 0.1) is 10.9 Å². The molecule has 164 valence electrons. The number of carbonyl (C=O) groups is 1. The number of aryl methyl sites for hydroxylation is 1. The van der Waals surface area contributed by atoms with E-state index in [0.29, 0.717) is 35.3 Å². The Morgan fingerprint density at radius 1 is 1.16 bits per heavy atom. The first-order valence-corrected chi connectivity index (χ1v) is 10.2. The molecule has 1 fully saturated rings. The summed E-state index contributed by atoms with van der Waals surface area (Å²) in [5.74, 6) is -4.91. The van der Waals surface area contributed by atoms with Crippen LogP contribution in [-0.4, -0.2) is 20.7 Å². The van der Waals surface area contributed by atoms with Crippen LogP contribution in [0.25, 0.3) is 16.6 Å². The lowest BCUT2D eigenvalue weighted by Gasteiger charge is -2.42. The third kappa shape index (κ3) is 3.09. The molecule has 1 aliphatic carbocycles. The zero-order chi connectivity index (χ0) is 22.8. The van der Waals surface area contributed by atoms with Crippen LogP contribution in [0.4, 0.5) is 13.2 Å². The summed E-state index contributed by atoms with van der Waals surface area (Å²) < 4.78 is 45.2. The molecular weight excluding hydrogens is 407 g/mol. The van der Waals surface area contributed by atoms with Gasteiger partial charge in [-0.2, -0.15) is 0 Å². The van der Waals surface area contributed by atoms with Gasteiger partial charge in [0.25, 0.3) is 0 Å². The molecule has 1 aliphatic rings. The van der Waals surface area contributed by atoms with Crippen molar-refractivity contribution >= 4 is 16.9 Å². The number of phenols is 1. The van der Waals surface area contributed by atoms with Crippen LogP contribution in [0.3, 0.4) is 0 Å². The van der Waals surface area contributed by atoms with E-state index >= 15 is 4.39 Å². The normalized spacial score (nSPS) is 21.0. The maximum atomic E-state index is 15.2. The number of rotatable bonds is 4. The summed E-state index contributed by atoms with van der Waals surface area (Å²) in [4.78, 5) is 11.6. The highest BCUT2D eigenvalue weighted by Gasteiger charge is 2.49. The summed E-state index contributed by atoms with van der Waals surface area (Å²) >= 11 is 0. The highest BCUT2D eigenvalue weighted by molar-refractivity contribution is 5.91. The second-order valence-corrected chi connectivity index (χ2v) is 9.11. The molecule has 1 aromatic heterocycles. The van der Waals surface area contributed by atoms with Crippen molar-refractivity contribution in [3.63, 3.8) is 0 Å². The summed E-state index contributed by atoms with van der Waals surface area (Å²) in [6.07, 6.45) is 0.613. The molecule has 1 saturated carbocycles. The Balaban J connectivity index is 2.07. The molecule has 2 N–H and O–H groups in total. The number of halogens is 3. The van der Waals surface area contributed by atoms with Crippen LogP contribution in [0.2, 0.25) is 0 Å². The zero-order valence-electron chi connectivity index (χ0n) is 17.8. The number of fused-ring (bicyclic) bond motifs is 1. The van der Waals surface area contributed by atoms with E-state index in [2.05, 4.69) is 0 Å². The molecule has 0 aliphatic heterocycles. The Morgan fingerprint density at radius 3 is 2.35 bits per heavy atom. The summed E-state index contributed by atoms with van der Waals surface area (Å²) in [7, 11) is 0. The molecule has 0 saturated heterocycles. The van der Waals surface area contributed by atoms with Crippen molar-refractivity contribution in [1.29, 1.82) is 0 Å². The molecular formula is C24H24F3NO3. The van der Waals surface area contributed by atoms with Crippen LogP contribution in [0.1, 0.15) is 62.3 Å². The number of aliphatic carboxylic acids is 1. The smallest absolute Gasteiger partial charge is 0.309 e. The molecule has 0 atom stereocenters. The molecule has 2 aromatic carbocycles. The number of carboxylic acid groups (broad SMARTS) is 1. The number of hydrogen-bond acceptors (Lipinski definition) is 2. The summed E-state index contributed by atoms with van der Waals surface area (Å²) in [6.45, 7) is 7.08. The first-order chi connectivity index (χ1) is 14.5. The minimum absolute atomic E-state index is 0.0852. The van der Waals surface area contributed by atoms with Crippen LogP contribution < -0.4 is 0 Å². The maximum absolute atomic E-state index is 15.2. The van der Waals surface area contributed by atoms with E-state index in [0.717, 1.165) is 6.07 Å². The van der Waals surface area contributed by atoms with Crippen LogP contribution in [0.15, 0.2) is 24.3 Å². The second kappa shape index (κ2) is 7.04. The highest BCUT2D eigenvalue weighted by Crippen LogP contribution is 2.55. The van der Waals surface area contributed by atoms with Gasteiger partial charge in [0.2, 0.25) is 0 Å². The van der Waals surface area contributed by atoms with Gasteiger partial charge in [-0.05, 0) is 67.9 Å². The van der Waals surface area contributed by atoms with Crippen molar-refractivity contribution in [2.75, 3.05) is 0 Å². The van der Waals surface area contributed by atoms with E-state index in [1.807, 2.05) is 13.8 Å². The number of aromatic hydroxyl groups is 1. The molecule has 7 heteroatoms. The van der Waals surface area contributed by atoms with E-state index in [4.69, 9.17) is 0 Å². The lowest BCUT2D eigenvalue weighted by Crippen LogP contribution is -2.40.